The Morgan fingerprint density at radius 2 is 1.97 bits per heavy atom. The first-order valence-corrected chi connectivity index (χ1v) is 11.1. The summed E-state index contributed by atoms with van der Waals surface area (Å²) in [5, 5.41) is 0.917. The van der Waals surface area contributed by atoms with E-state index < -0.39 is 0 Å². The molecule has 1 atom stereocenters. The van der Waals surface area contributed by atoms with Crippen molar-refractivity contribution < 1.29 is 13.9 Å². The van der Waals surface area contributed by atoms with Crippen molar-refractivity contribution in [3.05, 3.63) is 69.6 Å². The molecule has 1 amide bonds. The molecular weight excluding hydrogens is 404 g/mol. The summed E-state index contributed by atoms with van der Waals surface area (Å²) in [6.07, 6.45) is 0.506. The summed E-state index contributed by atoms with van der Waals surface area (Å²) in [6, 6.07) is 13.8. The predicted molar refractivity (Wildman–Crippen MR) is 127 cm³/mol. The highest BCUT2D eigenvalue weighted by atomic mass is 16.5. The van der Waals surface area contributed by atoms with Gasteiger partial charge >= 0.3 is 5.63 Å². The van der Waals surface area contributed by atoms with E-state index in [0.717, 1.165) is 41.0 Å². The van der Waals surface area contributed by atoms with Gasteiger partial charge in [0, 0.05) is 31.0 Å². The molecule has 1 aliphatic rings. The minimum atomic E-state index is -0.359. The summed E-state index contributed by atoms with van der Waals surface area (Å²) in [7, 11) is 1.79. The number of hydrogen-bond acceptors (Lipinski definition) is 5. The first kappa shape index (κ1) is 21.9. The van der Waals surface area contributed by atoms with Gasteiger partial charge in [0.2, 0.25) is 5.91 Å². The molecular formula is C26H30N2O4. The van der Waals surface area contributed by atoms with Crippen molar-refractivity contribution in [2.75, 3.05) is 31.6 Å². The minimum absolute atomic E-state index is 0.0155. The maximum absolute atomic E-state index is 12.8. The van der Waals surface area contributed by atoms with Crippen LogP contribution in [-0.4, -0.2) is 43.6 Å². The van der Waals surface area contributed by atoms with Crippen molar-refractivity contribution in [2.45, 2.75) is 39.7 Å². The van der Waals surface area contributed by atoms with Crippen LogP contribution >= 0.6 is 0 Å². The Kier molecular flexibility index (Phi) is 6.21. The van der Waals surface area contributed by atoms with Gasteiger partial charge in [-0.15, -0.1) is 0 Å². The standard InChI is InChI=1S/C26H30N2O4/c1-5-28-16-19(31-23-9-7-6-8-22(23)28)15-27(4)25(29)13-12-21-18(3)20-11-10-17(2)14-24(20)32-26(21)30/h6-11,14,19H,5,12-13,15-16H2,1-4H3. The second kappa shape index (κ2) is 9.07. The van der Waals surface area contributed by atoms with E-state index in [1.54, 1.807) is 11.9 Å². The van der Waals surface area contributed by atoms with Gasteiger partial charge in [0.1, 0.15) is 17.4 Å². The largest absolute Gasteiger partial charge is 0.485 e. The van der Waals surface area contributed by atoms with Gasteiger partial charge in [0.05, 0.1) is 18.8 Å². The van der Waals surface area contributed by atoms with Gasteiger partial charge < -0.3 is 19.0 Å². The number of benzene rings is 2. The van der Waals surface area contributed by atoms with Crippen LogP contribution in [0.25, 0.3) is 11.0 Å². The average Bonchev–Trinajstić information content (AvgIpc) is 2.77. The van der Waals surface area contributed by atoms with Crippen molar-refractivity contribution in [1.82, 2.24) is 4.90 Å². The molecule has 2 aromatic carbocycles. The third kappa shape index (κ3) is 4.35. The number of amides is 1. The lowest BCUT2D eigenvalue weighted by Gasteiger charge is -2.37. The zero-order valence-electron chi connectivity index (χ0n) is 19.2. The number of fused-ring (bicyclic) bond motifs is 2. The molecule has 0 saturated heterocycles. The summed E-state index contributed by atoms with van der Waals surface area (Å²) in [6.45, 7) is 8.11. The van der Waals surface area contributed by atoms with E-state index in [1.165, 1.54) is 0 Å². The number of carbonyl (C=O) groups excluding carboxylic acids is 1. The Bertz CT molecular complexity index is 1200. The van der Waals surface area contributed by atoms with Gasteiger partial charge in [-0.3, -0.25) is 4.79 Å². The molecule has 168 valence electrons. The molecule has 1 unspecified atom stereocenters. The molecule has 6 nitrogen and oxygen atoms in total. The molecule has 0 spiro atoms. The monoisotopic (exact) mass is 434 g/mol. The van der Waals surface area contributed by atoms with Crippen LogP contribution in [-0.2, 0) is 11.2 Å². The molecule has 1 aliphatic heterocycles. The topological polar surface area (TPSA) is 63.0 Å². The van der Waals surface area contributed by atoms with E-state index in [9.17, 15) is 9.59 Å². The molecule has 0 bridgehead atoms. The molecule has 0 radical (unpaired) electrons. The van der Waals surface area contributed by atoms with E-state index in [1.807, 2.05) is 50.2 Å². The lowest BCUT2D eigenvalue weighted by atomic mass is 10.0. The number of anilines is 1. The van der Waals surface area contributed by atoms with E-state index in [2.05, 4.69) is 17.9 Å². The Balaban J connectivity index is 1.42. The van der Waals surface area contributed by atoms with Crippen LogP contribution in [0.5, 0.6) is 5.75 Å². The summed E-state index contributed by atoms with van der Waals surface area (Å²) in [5.41, 5.74) is 3.82. The second-order valence-corrected chi connectivity index (χ2v) is 8.51. The molecule has 1 aromatic heterocycles. The molecule has 2 heterocycles. The average molecular weight is 435 g/mol. The quantitative estimate of drug-likeness (QED) is 0.547. The molecule has 0 aliphatic carbocycles. The van der Waals surface area contributed by atoms with Crippen molar-refractivity contribution in [3.63, 3.8) is 0 Å². The predicted octanol–water partition coefficient (Wildman–Crippen LogP) is 4.09. The molecule has 4 rings (SSSR count). The number of aryl methyl sites for hydroxylation is 2. The molecule has 6 heteroatoms. The summed E-state index contributed by atoms with van der Waals surface area (Å²) in [5.74, 6) is 0.837. The van der Waals surface area contributed by atoms with Crippen LogP contribution in [0.1, 0.15) is 30.0 Å². The number of hydrogen-bond donors (Lipinski definition) is 0. The maximum atomic E-state index is 12.8. The lowest BCUT2D eigenvalue weighted by molar-refractivity contribution is -0.130. The highest BCUT2D eigenvalue weighted by Crippen LogP contribution is 2.33. The molecule has 3 aromatic rings. The van der Waals surface area contributed by atoms with Crippen LogP contribution in [0.2, 0.25) is 0 Å². The van der Waals surface area contributed by atoms with E-state index in [4.69, 9.17) is 9.15 Å². The third-order valence-electron chi connectivity index (χ3n) is 6.24. The number of rotatable bonds is 6. The number of ether oxygens (including phenoxy) is 1. The highest BCUT2D eigenvalue weighted by Gasteiger charge is 2.26. The minimum Gasteiger partial charge on any atom is -0.485 e. The number of nitrogens with zero attached hydrogens (tertiary/aromatic N) is 2. The van der Waals surface area contributed by atoms with Crippen LogP contribution in [0.3, 0.4) is 0 Å². The normalized spacial score (nSPS) is 15.4. The summed E-state index contributed by atoms with van der Waals surface area (Å²) in [4.78, 5) is 29.3. The third-order valence-corrected chi connectivity index (χ3v) is 6.24. The lowest BCUT2D eigenvalue weighted by Crippen LogP contribution is -2.46. The van der Waals surface area contributed by atoms with Crippen LogP contribution in [0.15, 0.2) is 51.7 Å². The fourth-order valence-electron chi connectivity index (χ4n) is 4.39. The first-order chi connectivity index (χ1) is 15.4. The fraction of sp³-hybridized carbons (Fsp3) is 0.385. The number of para-hydroxylation sites is 2. The van der Waals surface area contributed by atoms with Crippen LogP contribution in [0.4, 0.5) is 5.69 Å². The van der Waals surface area contributed by atoms with Crippen molar-refractivity contribution in [2.24, 2.45) is 0 Å². The molecule has 0 fully saturated rings. The van der Waals surface area contributed by atoms with Crippen molar-refractivity contribution >= 4 is 22.6 Å². The SMILES string of the molecule is CCN1CC(CN(C)C(=O)CCc2c(C)c3ccc(C)cc3oc2=O)Oc2ccccc21. The van der Waals surface area contributed by atoms with Crippen molar-refractivity contribution in [3.8, 4) is 5.75 Å². The molecule has 32 heavy (non-hydrogen) atoms. The zero-order chi connectivity index (χ0) is 22.8. The van der Waals surface area contributed by atoms with E-state index in [0.29, 0.717) is 24.1 Å². The Labute approximate surface area is 188 Å². The molecule has 0 saturated carbocycles. The summed E-state index contributed by atoms with van der Waals surface area (Å²) < 4.78 is 11.7. The van der Waals surface area contributed by atoms with Gasteiger partial charge in [-0.2, -0.15) is 0 Å². The van der Waals surface area contributed by atoms with Crippen molar-refractivity contribution in [1.29, 1.82) is 0 Å². The Morgan fingerprint density at radius 3 is 2.75 bits per heavy atom. The van der Waals surface area contributed by atoms with Crippen LogP contribution in [0, 0.1) is 13.8 Å². The van der Waals surface area contributed by atoms with E-state index in [-0.39, 0.29) is 24.1 Å². The first-order valence-electron chi connectivity index (χ1n) is 11.1. The van der Waals surface area contributed by atoms with Gasteiger partial charge in [0.25, 0.3) is 0 Å². The molecule has 0 N–H and O–H groups in total. The van der Waals surface area contributed by atoms with Gasteiger partial charge in [-0.05, 0) is 56.5 Å². The Hall–Kier alpha value is -3.28. The second-order valence-electron chi connectivity index (χ2n) is 8.51. The number of carbonyl (C=O) groups is 1. The van der Waals surface area contributed by atoms with Gasteiger partial charge in [0.15, 0.2) is 0 Å². The zero-order valence-corrected chi connectivity index (χ0v) is 19.2. The fourth-order valence-corrected chi connectivity index (χ4v) is 4.39. The summed E-state index contributed by atoms with van der Waals surface area (Å²) >= 11 is 0. The Morgan fingerprint density at radius 1 is 1.19 bits per heavy atom. The smallest absolute Gasteiger partial charge is 0.339 e. The highest BCUT2D eigenvalue weighted by molar-refractivity contribution is 5.82. The number of likely N-dealkylation sites (N-methyl/N-ethyl adjacent to an activating group) is 2. The maximum Gasteiger partial charge on any atom is 0.339 e. The van der Waals surface area contributed by atoms with Gasteiger partial charge in [-0.25, -0.2) is 4.79 Å². The van der Waals surface area contributed by atoms with E-state index >= 15 is 0 Å². The van der Waals surface area contributed by atoms with Crippen LogP contribution < -0.4 is 15.3 Å². The van der Waals surface area contributed by atoms with Gasteiger partial charge in [-0.1, -0.05) is 24.3 Å².